The van der Waals surface area contributed by atoms with E-state index < -0.39 is 107 Å². The maximum absolute atomic E-state index is 12.0. The monoisotopic (exact) mass is 1020 g/mol. The first-order valence-corrected chi connectivity index (χ1v) is 26.2. The van der Waals surface area contributed by atoms with Crippen LogP contribution >= 0.6 is 70.4 Å². The third-order valence-corrected chi connectivity index (χ3v) is 17.0. The Hall–Kier alpha value is -0.700. The van der Waals surface area contributed by atoms with Crippen molar-refractivity contribution in [2.75, 3.05) is 12.3 Å². The van der Waals surface area contributed by atoms with Crippen molar-refractivity contribution < 1.29 is 149 Å². The van der Waals surface area contributed by atoms with Crippen LogP contribution in [0.5, 0.6) is 0 Å². The number of ether oxygens (including phenoxy) is 1. The second kappa shape index (κ2) is 18.3. The highest BCUT2D eigenvalue weighted by Gasteiger charge is 2.49. The van der Waals surface area contributed by atoms with Crippen molar-refractivity contribution in [3.05, 3.63) is 16.7 Å². The first kappa shape index (κ1) is 52.4. The number of anilines is 1. The predicted molar refractivity (Wildman–Crippen MR) is 167 cm³/mol. The molecule has 0 spiro atoms. The summed E-state index contributed by atoms with van der Waals surface area (Å²) in [6, 6.07) is 0. The Kier molecular flexibility index (Phi) is 16.9. The predicted octanol–water partition coefficient (Wildman–Crippen LogP) is -2.68. The minimum atomic E-state index is -6.07. The average molecular weight is 1020 g/mol. The molecular formula is C10H24N5O33P9. The molecule has 0 aromatic carbocycles. The van der Waals surface area contributed by atoms with Crippen molar-refractivity contribution in [3.63, 3.8) is 0 Å². The van der Waals surface area contributed by atoms with Crippen LogP contribution in [0.1, 0.15) is 6.23 Å². The summed E-state index contributed by atoms with van der Waals surface area (Å²) in [5.74, 6) is -0.310. The fraction of sp³-hybridized carbons (Fsp3) is 0.500. The largest absolute Gasteiger partial charge is 0.490 e. The lowest BCUT2D eigenvalue weighted by Gasteiger charge is -2.20. The highest BCUT2D eigenvalue weighted by Crippen LogP contribution is 2.73. The molecule has 1 aliphatic heterocycles. The molecule has 3 heterocycles. The van der Waals surface area contributed by atoms with Crippen LogP contribution < -0.4 is 11.3 Å². The number of nitrogens with one attached hydrogen (secondary N) is 1. The molecule has 0 radical (unpaired) electrons. The number of aromatic amines is 1. The van der Waals surface area contributed by atoms with E-state index in [0.29, 0.717) is 0 Å². The normalized spacial score (nSPS) is 25.8. The number of nitrogens with two attached hydrogens (primary N) is 1. The van der Waals surface area contributed by atoms with Gasteiger partial charge in [0.05, 0.1) is 12.9 Å². The molecule has 17 N–H and O–H groups in total. The standard InChI is InChI=1S/C10H17N5O17P4.H7O16P5/c11-10-13-7-4(8(18)14-10)12-2-15(7)9-6(17)5(16)3(29-9)1-28-34(22,23)31-36(26,27)32-35(24,25)30-33(19,20)21;1-17(2,3)13-19(7,8)15-21(11,12)16-20(9,10)14-18(4,5)6/h2-3,5-6,9,16-17H,1H2,(H,22,23)(H,24,25)(H,26,27)(H2,19,20,21)(H3,11,13,14,18);(H,7,8)(H,9,10)(H,11,12)(H2,1,2,3)(H2,4,5,6)/t3-,5-,6-,9-;/m1./s1. The second-order valence-corrected chi connectivity index (χ2v) is 22.9. The van der Waals surface area contributed by atoms with Crippen LogP contribution in [0.15, 0.2) is 11.1 Å². The molecule has 2 aromatic rings. The molecular weight excluding hydrogens is 997 g/mol. The minimum absolute atomic E-state index is 0.158. The van der Waals surface area contributed by atoms with Gasteiger partial charge in [-0.05, 0) is 0 Å². The summed E-state index contributed by atoms with van der Waals surface area (Å²) in [5.41, 5.74) is 4.38. The van der Waals surface area contributed by atoms with E-state index in [1.165, 1.54) is 0 Å². The zero-order valence-corrected chi connectivity index (χ0v) is 34.1. The van der Waals surface area contributed by atoms with E-state index in [1.54, 1.807) is 0 Å². The number of hydrogen-bond donors (Lipinski definition) is 16. The molecule has 3 rings (SSSR count). The third kappa shape index (κ3) is 18.4. The van der Waals surface area contributed by atoms with Crippen LogP contribution in [0, 0.1) is 0 Å². The number of imidazole rings is 1. The molecule has 0 saturated carbocycles. The highest BCUT2D eigenvalue weighted by molar-refractivity contribution is 7.71. The zero-order valence-electron chi connectivity index (χ0n) is 26.1. The van der Waals surface area contributed by atoms with Gasteiger partial charge in [0, 0.05) is 0 Å². The van der Waals surface area contributed by atoms with Gasteiger partial charge in [0.2, 0.25) is 5.95 Å². The number of rotatable bonds is 18. The molecule has 57 heavy (non-hydrogen) atoms. The topological polar surface area (TPSA) is 610 Å². The SMILES string of the molecule is Nc1nc2c(ncn2[C@@H]2O[C@H](COP(=O)(O)OP(=O)(O)OP(=O)(O)OP(=O)(O)O)[C@@H](O)[C@H]2O)c(=O)[nH]1.O=P(O)(O)OP(=O)(O)OP(=O)(O)OP(=O)(O)OP(=O)(O)O. The maximum atomic E-state index is 12.0. The van der Waals surface area contributed by atoms with E-state index in [0.717, 1.165) is 10.9 Å². The number of fused-ring (bicyclic) bond motifs is 1. The van der Waals surface area contributed by atoms with E-state index in [1.807, 2.05) is 0 Å². The van der Waals surface area contributed by atoms with E-state index in [2.05, 4.69) is 49.7 Å². The van der Waals surface area contributed by atoms with Gasteiger partial charge in [-0.15, -0.1) is 0 Å². The Labute approximate surface area is 310 Å². The van der Waals surface area contributed by atoms with Gasteiger partial charge in [-0.2, -0.15) is 35.2 Å². The molecule has 0 bridgehead atoms. The van der Waals surface area contributed by atoms with Crippen LogP contribution in [0.25, 0.3) is 11.2 Å². The molecule has 38 nitrogen and oxygen atoms in total. The van der Waals surface area contributed by atoms with Gasteiger partial charge in [0.15, 0.2) is 17.4 Å². The Bertz CT molecular complexity index is 2240. The summed E-state index contributed by atoms with van der Waals surface area (Å²) < 4.78 is 132. The first-order chi connectivity index (χ1) is 25.1. The quantitative estimate of drug-likeness (QED) is 0.0677. The van der Waals surface area contributed by atoms with Crippen LogP contribution in [-0.4, -0.2) is 113 Å². The van der Waals surface area contributed by atoms with Gasteiger partial charge in [0.25, 0.3) is 5.56 Å². The van der Waals surface area contributed by atoms with Crippen LogP contribution in [-0.2, 0) is 80.5 Å². The maximum Gasteiger partial charge on any atom is 0.490 e. The van der Waals surface area contributed by atoms with Crippen molar-refractivity contribution in [2.45, 2.75) is 24.5 Å². The third-order valence-electron chi connectivity index (χ3n) is 4.92. The number of hydrogen-bond acceptors (Lipinski definition) is 24. The lowest BCUT2D eigenvalue weighted by atomic mass is 10.1. The summed E-state index contributed by atoms with van der Waals surface area (Å²) in [4.78, 5) is 125. The lowest BCUT2D eigenvalue weighted by Crippen LogP contribution is -2.33. The van der Waals surface area contributed by atoms with Crippen LogP contribution in [0.4, 0.5) is 5.95 Å². The Morgan fingerprint density at radius 3 is 1.39 bits per heavy atom. The number of aliphatic hydroxyl groups is 2. The molecule has 1 aliphatic rings. The molecule has 0 aliphatic carbocycles. The first-order valence-electron chi connectivity index (χ1n) is 12.6. The number of phosphoric ester groups is 1. The van der Waals surface area contributed by atoms with Gasteiger partial charge in [-0.1, -0.05) is 0 Å². The van der Waals surface area contributed by atoms with Gasteiger partial charge in [-0.3, -0.25) is 18.9 Å². The molecule has 1 fully saturated rings. The molecule has 2 aromatic heterocycles. The lowest BCUT2D eigenvalue weighted by molar-refractivity contribution is -0.0503. The fourth-order valence-electron chi connectivity index (χ4n) is 3.42. The Morgan fingerprint density at radius 1 is 0.632 bits per heavy atom. The van der Waals surface area contributed by atoms with Crippen LogP contribution in [0.3, 0.4) is 0 Å². The summed E-state index contributed by atoms with van der Waals surface area (Å²) >= 11 is 0. The smallest absolute Gasteiger partial charge is 0.387 e. The number of aromatic nitrogens is 4. The average Bonchev–Trinajstić information content (AvgIpc) is 3.41. The van der Waals surface area contributed by atoms with Gasteiger partial charge in [-0.25, -0.2) is 46.1 Å². The van der Waals surface area contributed by atoms with Crippen molar-refractivity contribution >= 4 is 87.5 Å². The van der Waals surface area contributed by atoms with Crippen molar-refractivity contribution in [2.24, 2.45) is 0 Å². The van der Waals surface area contributed by atoms with Gasteiger partial charge >= 0.3 is 70.4 Å². The van der Waals surface area contributed by atoms with E-state index in [9.17, 15) is 65.9 Å². The Balaban J connectivity index is 0.000000457. The van der Waals surface area contributed by atoms with Gasteiger partial charge < -0.3 is 79.4 Å². The van der Waals surface area contributed by atoms with Crippen LogP contribution in [0.2, 0.25) is 0 Å². The highest BCUT2D eigenvalue weighted by atomic mass is 31.3. The van der Waals surface area contributed by atoms with Crippen molar-refractivity contribution in [1.29, 1.82) is 0 Å². The number of aliphatic hydroxyl groups excluding tert-OH is 2. The fourth-order valence-corrected chi connectivity index (χ4v) is 13.3. The van der Waals surface area contributed by atoms with E-state index >= 15 is 0 Å². The zero-order chi connectivity index (χ0) is 44.6. The summed E-state index contributed by atoms with van der Waals surface area (Å²) in [6.45, 7) is -1.11. The Morgan fingerprint density at radius 2 is 1.00 bits per heavy atom. The summed E-state index contributed by atoms with van der Waals surface area (Å²) in [6.07, 6.45) is -5.66. The van der Waals surface area contributed by atoms with E-state index in [4.69, 9.17) is 59.4 Å². The number of phosphoric acid groups is 9. The summed E-state index contributed by atoms with van der Waals surface area (Å²) in [7, 11) is -52.7. The number of nitrogen functional groups attached to an aromatic ring is 1. The summed E-state index contributed by atoms with van der Waals surface area (Å²) in [5, 5.41) is 20.5. The molecule has 1 saturated heterocycles. The van der Waals surface area contributed by atoms with Crippen molar-refractivity contribution in [3.8, 4) is 0 Å². The molecule has 47 heteroatoms. The molecule has 5 unspecified atom stereocenters. The van der Waals surface area contributed by atoms with Gasteiger partial charge in [0.1, 0.15) is 18.3 Å². The number of H-pyrrole nitrogens is 1. The molecule has 0 amide bonds. The minimum Gasteiger partial charge on any atom is -0.387 e. The molecule has 332 valence electrons. The molecule has 9 atom stereocenters. The van der Waals surface area contributed by atoms with E-state index in [-0.39, 0.29) is 17.1 Å². The van der Waals surface area contributed by atoms with Crippen molar-refractivity contribution in [1.82, 2.24) is 19.5 Å². The number of nitrogens with zero attached hydrogens (tertiary/aromatic N) is 3. The second-order valence-electron chi connectivity index (χ2n) is 9.47.